The molecule has 2 atom stereocenters. The Morgan fingerprint density at radius 1 is 1.50 bits per heavy atom. The van der Waals surface area contributed by atoms with Crippen LogP contribution in [0.4, 0.5) is 0 Å². The van der Waals surface area contributed by atoms with Gasteiger partial charge in [-0.25, -0.2) is 0 Å². The molecule has 1 aliphatic carbocycles. The van der Waals surface area contributed by atoms with Gasteiger partial charge in [0, 0.05) is 18.7 Å². The van der Waals surface area contributed by atoms with E-state index in [0.29, 0.717) is 5.92 Å². The summed E-state index contributed by atoms with van der Waals surface area (Å²) in [5, 5.41) is 0. The minimum absolute atomic E-state index is 0.706. The van der Waals surface area contributed by atoms with Crippen LogP contribution >= 0.6 is 0 Å². The van der Waals surface area contributed by atoms with Gasteiger partial charge in [-0.15, -0.1) is 0 Å². The lowest BCUT2D eigenvalue weighted by Crippen LogP contribution is -2.26. The molecule has 0 aromatic rings. The molecule has 0 aromatic heterocycles. The van der Waals surface area contributed by atoms with Gasteiger partial charge in [0.2, 0.25) is 0 Å². The zero-order valence-corrected chi connectivity index (χ0v) is 7.79. The van der Waals surface area contributed by atoms with Gasteiger partial charge in [0.15, 0.2) is 0 Å². The van der Waals surface area contributed by atoms with Crippen LogP contribution in [-0.4, -0.2) is 12.8 Å². The zero-order valence-electron chi connectivity index (χ0n) is 7.79. The van der Waals surface area contributed by atoms with E-state index in [1.54, 1.807) is 5.57 Å². The Hall–Kier alpha value is -0.590. The molecular formula is C11H17N. The summed E-state index contributed by atoms with van der Waals surface area (Å²) in [7, 11) is 0. The predicted octanol–water partition coefficient (Wildman–Crippen LogP) is 2.82. The van der Waals surface area contributed by atoms with Gasteiger partial charge < -0.3 is 0 Å². The van der Waals surface area contributed by atoms with Crippen molar-refractivity contribution in [2.75, 3.05) is 6.54 Å². The van der Waals surface area contributed by atoms with E-state index in [1.165, 1.54) is 25.7 Å². The molecular weight excluding hydrogens is 146 g/mol. The lowest BCUT2D eigenvalue weighted by Gasteiger charge is -2.33. The van der Waals surface area contributed by atoms with E-state index in [0.717, 1.165) is 12.5 Å². The first-order valence-corrected chi connectivity index (χ1v) is 5.07. The van der Waals surface area contributed by atoms with Crippen molar-refractivity contribution in [2.45, 2.75) is 32.6 Å². The van der Waals surface area contributed by atoms with Crippen LogP contribution in [0.25, 0.3) is 0 Å². The molecule has 0 bridgehead atoms. The van der Waals surface area contributed by atoms with Gasteiger partial charge in [-0.2, -0.15) is 0 Å². The number of rotatable bonds is 0. The lowest BCUT2D eigenvalue weighted by molar-refractivity contribution is 0.340. The van der Waals surface area contributed by atoms with E-state index in [-0.39, 0.29) is 0 Å². The van der Waals surface area contributed by atoms with Crippen molar-refractivity contribution in [3.63, 3.8) is 0 Å². The normalized spacial score (nSPS) is 38.2. The van der Waals surface area contributed by atoms with Gasteiger partial charge in [-0.3, -0.25) is 4.99 Å². The van der Waals surface area contributed by atoms with Crippen molar-refractivity contribution in [3.8, 4) is 0 Å². The van der Waals surface area contributed by atoms with E-state index >= 15 is 0 Å². The number of nitrogens with zero attached hydrogens (tertiary/aromatic N) is 1. The first-order chi connectivity index (χ1) is 5.92. The second kappa shape index (κ2) is 3.42. The SMILES string of the molecule is C/C=C1\CCCC2CCN=CC12. The van der Waals surface area contributed by atoms with Crippen LogP contribution in [-0.2, 0) is 0 Å². The van der Waals surface area contributed by atoms with Gasteiger partial charge in [-0.1, -0.05) is 11.6 Å². The van der Waals surface area contributed by atoms with Gasteiger partial charge in [0.05, 0.1) is 0 Å². The first kappa shape index (κ1) is 8.03. The molecule has 2 rings (SSSR count). The molecule has 0 aromatic carbocycles. The maximum Gasteiger partial charge on any atom is 0.0388 e. The van der Waals surface area contributed by atoms with Crippen molar-refractivity contribution in [1.29, 1.82) is 0 Å². The molecule has 0 amide bonds. The van der Waals surface area contributed by atoms with Crippen LogP contribution in [0.1, 0.15) is 32.6 Å². The second-order valence-corrected chi connectivity index (χ2v) is 3.89. The smallest absolute Gasteiger partial charge is 0.0388 e. The van der Waals surface area contributed by atoms with Crippen molar-refractivity contribution in [2.24, 2.45) is 16.8 Å². The lowest BCUT2D eigenvalue weighted by atomic mass is 9.74. The number of fused-ring (bicyclic) bond motifs is 1. The minimum Gasteiger partial charge on any atom is -0.297 e. The van der Waals surface area contributed by atoms with Crippen LogP contribution in [0.15, 0.2) is 16.6 Å². The highest BCUT2D eigenvalue weighted by molar-refractivity contribution is 5.66. The minimum atomic E-state index is 0.706. The maximum atomic E-state index is 4.39. The van der Waals surface area contributed by atoms with Crippen molar-refractivity contribution in [3.05, 3.63) is 11.6 Å². The summed E-state index contributed by atoms with van der Waals surface area (Å²) in [6.45, 7) is 3.23. The molecule has 0 radical (unpaired) electrons. The molecule has 1 fully saturated rings. The molecule has 1 nitrogen and oxygen atoms in total. The fourth-order valence-electron chi connectivity index (χ4n) is 2.52. The monoisotopic (exact) mass is 163 g/mol. The summed E-state index contributed by atoms with van der Waals surface area (Å²) in [4.78, 5) is 4.39. The summed E-state index contributed by atoms with van der Waals surface area (Å²) in [5.41, 5.74) is 1.63. The highest BCUT2D eigenvalue weighted by atomic mass is 14.7. The third-order valence-electron chi connectivity index (χ3n) is 3.24. The van der Waals surface area contributed by atoms with E-state index in [2.05, 4.69) is 24.2 Å². The third-order valence-corrected chi connectivity index (χ3v) is 3.24. The molecule has 1 aliphatic heterocycles. The Labute approximate surface area is 74.6 Å². The Balaban J connectivity index is 2.19. The summed E-state index contributed by atoms with van der Waals surface area (Å²) in [6, 6.07) is 0. The fraction of sp³-hybridized carbons (Fsp3) is 0.727. The zero-order chi connectivity index (χ0) is 8.39. The van der Waals surface area contributed by atoms with E-state index in [1.807, 2.05) is 0 Å². The van der Waals surface area contributed by atoms with Gasteiger partial charge >= 0.3 is 0 Å². The average molecular weight is 163 g/mol. The van der Waals surface area contributed by atoms with Crippen molar-refractivity contribution < 1.29 is 0 Å². The molecule has 2 aliphatic rings. The van der Waals surface area contributed by atoms with Gasteiger partial charge in [0.25, 0.3) is 0 Å². The van der Waals surface area contributed by atoms with Crippen LogP contribution in [0, 0.1) is 11.8 Å². The highest BCUT2D eigenvalue weighted by Gasteiger charge is 2.28. The second-order valence-electron chi connectivity index (χ2n) is 3.89. The van der Waals surface area contributed by atoms with Gasteiger partial charge in [-0.05, 0) is 38.5 Å². The fourth-order valence-corrected chi connectivity index (χ4v) is 2.52. The number of aliphatic imine (C=N–C) groups is 1. The maximum absolute atomic E-state index is 4.39. The van der Waals surface area contributed by atoms with Crippen LogP contribution in [0.5, 0.6) is 0 Å². The Kier molecular flexibility index (Phi) is 2.29. The van der Waals surface area contributed by atoms with Crippen LogP contribution in [0.2, 0.25) is 0 Å². The van der Waals surface area contributed by atoms with Crippen LogP contribution < -0.4 is 0 Å². The molecule has 12 heavy (non-hydrogen) atoms. The molecule has 1 saturated carbocycles. The Bertz CT molecular complexity index is 215. The quantitative estimate of drug-likeness (QED) is 0.487. The summed E-state index contributed by atoms with van der Waals surface area (Å²) in [5.74, 6) is 1.62. The standard InChI is InChI=1S/C11H17N/c1-2-9-4-3-5-10-6-7-12-8-11(9)10/h2,8,10-11H,3-7H2,1H3/b9-2+. The first-order valence-electron chi connectivity index (χ1n) is 5.07. The molecule has 0 spiro atoms. The molecule has 1 heteroatoms. The van der Waals surface area contributed by atoms with Gasteiger partial charge in [0.1, 0.15) is 0 Å². The predicted molar refractivity (Wildman–Crippen MR) is 52.6 cm³/mol. The average Bonchev–Trinajstić information content (AvgIpc) is 2.17. The Morgan fingerprint density at radius 3 is 3.25 bits per heavy atom. The summed E-state index contributed by atoms with van der Waals surface area (Å²) >= 11 is 0. The number of allylic oxidation sites excluding steroid dienone is 2. The van der Waals surface area contributed by atoms with E-state index in [4.69, 9.17) is 0 Å². The van der Waals surface area contributed by atoms with Crippen molar-refractivity contribution in [1.82, 2.24) is 0 Å². The summed E-state index contributed by atoms with van der Waals surface area (Å²) in [6.07, 6.45) is 9.95. The third kappa shape index (κ3) is 1.33. The molecule has 2 unspecified atom stereocenters. The topological polar surface area (TPSA) is 12.4 Å². The highest BCUT2D eigenvalue weighted by Crippen LogP contribution is 2.36. The molecule has 0 saturated heterocycles. The Morgan fingerprint density at radius 2 is 2.42 bits per heavy atom. The van der Waals surface area contributed by atoms with E-state index in [9.17, 15) is 0 Å². The number of hydrogen-bond acceptors (Lipinski definition) is 1. The molecule has 66 valence electrons. The summed E-state index contributed by atoms with van der Waals surface area (Å²) < 4.78 is 0. The van der Waals surface area contributed by atoms with E-state index < -0.39 is 0 Å². The number of hydrogen-bond donors (Lipinski definition) is 0. The molecule has 0 N–H and O–H groups in total. The molecule has 1 heterocycles. The van der Waals surface area contributed by atoms with Crippen molar-refractivity contribution >= 4 is 6.21 Å². The van der Waals surface area contributed by atoms with Crippen LogP contribution in [0.3, 0.4) is 0 Å². The largest absolute Gasteiger partial charge is 0.297 e.